The molecule has 1 heterocycles. The van der Waals surface area contributed by atoms with Crippen LogP contribution in [0.4, 0.5) is 0 Å². The van der Waals surface area contributed by atoms with Gasteiger partial charge in [0.2, 0.25) is 0 Å². The molecule has 0 atom stereocenters. The van der Waals surface area contributed by atoms with Gasteiger partial charge in [-0.15, -0.1) is 11.6 Å². The largest absolute Gasteiger partial charge is 0.497 e. The van der Waals surface area contributed by atoms with E-state index in [-0.39, 0.29) is 0 Å². The lowest BCUT2D eigenvalue weighted by molar-refractivity contribution is 0.0496. The Morgan fingerprint density at radius 2 is 2.11 bits per heavy atom. The SMILES string of the molecule is COc1ccc(OCC2CCOCC2)c(CCl)c1. The van der Waals surface area contributed by atoms with Crippen LogP contribution in [-0.2, 0) is 10.6 Å². The maximum absolute atomic E-state index is 5.93. The Morgan fingerprint density at radius 3 is 2.78 bits per heavy atom. The van der Waals surface area contributed by atoms with Crippen LogP contribution in [0.1, 0.15) is 18.4 Å². The molecule has 1 aliphatic heterocycles. The predicted molar refractivity (Wildman–Crippen MR) is 71.6 cm³/mol. The fourth-order valence-corrected chi connectivity index (χ4v) is 2.26. The Kier molecular flexibility index (Phi) is 5.14. The lowest BCUT2D eigenvalue weighted by Gasteiger charge is -2.22. The van der Waals surface area contributed by atoms with Crippen LogP contribution in [0.15, 0.2) is 18.2 Å². The molecule has 1 saturated heterocycles. The molecule has 0 saturated carbocycles. The molecule has 0 spiro atoms. The lowest BCUT2D eigenvalue weighted by atomic mass is 10.0. The van der Waals surface area contributed by atoms with E-state index in [4.69, 9.17) is 25.8 Å². The third-order valence-electron chi connectivity index (χ3n) is 3.23. The summed E-state index contributed by atoms with van der Waals surface area (Å²) in [6.07, 6.45) is 2.15. The molecule has 18 heavy (non-hydrogen) atoms. The van der Waals surface area contributed by atoms with Gasteiger partial charge in [-0.1, -0.05) is 0 Å². The highest BCUT2D eigenvalue weighted by Gasteiger charge is 2.15. The quantitative estimate of drug-likeness (QED) is 0.769. The van der Waals surface area contributed by atoms with E-state index in [9.17, 15) is 0 Å². The summed E-state index contributed by atoms with van der Waals surface area (Å²) in [5, 5.41) is 0. The third-order valence-corrected chi connectivity index (χ3v) is 3.51. The summed E-state index contributed by atoms with van der Waals surface area (Å²) in [6.45, 7) is 2.43. The highest BCUT2D eigenvalue weighted by atomic mass is 35.5. The van der Waals surface area contributed by atoms with Gasteiger partial charge in [-0.2, -0.15) is 0 Å². The molecule has 3 nitrogen and oxygen atoms in total. The molecule has 0 amide bonds. The number of hydrogen-bond donors (Lipinski definition) is 0. The maximum atomic E-state index is 5.93. The van der Waals surface area contributed by atoms with E-state index in [0.29, 0.717) is 11.8 Å². The average molecular weight is 271 g/mol. The van der Waals surface area contributed by atoms with Crippen molar-refractivity contribution in [1.29, 1.82) is 0 Å². The second-order valence-electron chi connectivity index (χ2n) is 4.47. The van der Waals surface area contributed by atoms with Crippen LogP contribution in [0.5, 0.6) is 11.5 Å². The molecular formula is C14H19ClO3. The predicted octanol–water partition coefficient (Wildman–Crippen LogP) is 3.24. The highest BCUT2D eigenvalue weighted by Crippen LogP contribution is 2.27. The van der Waals surface area contributed by atoms with Crippen LogP contribution in [-0.4, -0.2) is 26.9 Å². The molecule has 1 fully saturated rings. The molecule has 0 aliphatic carbocycles. The van der Waals surface area contributed by atoms with Crippen LogP contribution < -0.4 is 9.47 Å². The van der Waals surface area contributed by atoms with Gasteiger partial charge in [-0.25, -0.2) is 0 Å². The van der Waals surface area contributed by atoms with Crippen molar-refractivity contribution in [2.24, 2.45) is 5.92 Å². The van der Waals surface area contributed by atoms with Crippen molar-refractivity contribution >= 4 is 11.6 Å². The minimum absolute atomic E-state index is 0.431. The fourth-order valence-electron chi connectivity index (χ4n) is 2.05. The average Bonchev–Trinajstić information content (AvgIpc) is 2.46. The molecule has 0 bridgehead atoms. The van der Waals surface area contributed by atoms with Gasteiger partial charge in [0, 0.05) is 18.8 Å². The summed E-state index contributed by atoms with van der Waals surface area (Å²) in [5.74, 6) is 2.69. The molecule has 0 radical (unpaired) electrons. The van der Waals surface area contributed by atoms with Crippen LogP contribution in [0, 0.1) is 5.92 Å². The Labute approximate surface area is 113 Å². The number of rotatable bonds is 5. The van der Waals surface area contributed by atoms with Crippen molar-refractivity contribution in [1.82, 2.24) is 0 Å². The van der Waals surface area contributed by atoms with Crippen molar-refractivity contribution in [3.8, 4) is 11.5 Å². The summed E-state index contributed by atoms with van der Waals surface area (Å²) in [7, 11) is 1.65. The van der Waals surface area contributed by atoms with Gasteiger partial charge in [0.1, 0.15) is 11.5 Å². The van der Waals surface area contributed by atoms with Crippen LogP contribution in [0.2, 0.25) is 0 Å². The van der Waals surface area contributed by atoms with Crippen LogP contribution in [0.25, 0.3) is 0 Å². The van der Waals surface area contributed by atoms with E-state index in [1.807, 2.05) is 18.2 Å². The van der Waals surface area contributed by atoms with Gasteiger partial charge in [0.15, 0.2) is 0 Å². The van der Waals surface area contributed by atoms with Crippen molar-refractivity contribution in [2.75, 3.05) is 26.9 Å². The summed E-state index contributed by atoms with van der Waals surface area (Å²) in [4.78, 5) is 0. The zero-order valence-electron chi connectivity index (χ0n) is 10.7. The smallest absolute Gasteiger partial charge is 0.123 e. The first kappa shape index (κ1) is 13.5. The number of alkyl halides is 1. The number of halogens is 1. The Hall–Kier alpha value is -0.930. The van der Waals surface area contributed by atoms with Gasteiger partial charge in [-0.3, -0.25) is 0 Å². The first-order valence-electron chi connectivity index (χ1n) is 6.27. The minimum Gasteiger partial charge on any atom is -0.497 e. The third kappa shape index (κ3) is 3.53. The van der Waals surface area contributed by atoms with Gasteiger partial charge in [-0.05, 0) is 37.0 Å². The molecule has 100 valence electrons. The zero-order valence-corrected chi connectivity index (χ0v) is 11.4. The van der Waals surface area contributed by atoms with E-state index >= 15 is 0 Å². The molecule has 0 aromatic heterocycles. The van der Waals surface area contributed by atoms with Crippen LogP contribution in [0.3, 0.4) is 0 Å². The lowest BCUT2D eigenvalue weighted by Crippen LogP contribution is -2.21. The maximum Gasteiger partial charge on any atom is 0.123 e. The molecule has 0 N–H and O–H groups in total. The molecule has 0 unspecified atom stereocenters. The van der Waals surface area contributed by atoms with Gasteiger partial charge in [0.25, 0.3) is 0 Å². The first-order valence-corrected chi connectivity index (χ1v) is 6.80. The standard InChI is InChI=1S/C14H19ClO3/c1-16-13-2-3-14(12(8-13)9-15)18-10-11-4-6-17-7-5-11/h2-3,8,11H,4-7,9-10H2,1H3. The monoisotopic (exact) mass is 270 g/mol. The molecule has 4 heteroatoms. The number of methoxy groups -OCH3 is 1. The second-order valence-corrected chi connectivity index (χ2v) is 4.74. The Balaban J connectivity index is 1.95. The minimum atomic E-state index is 0.431. The normalized spacial score (nSPS) is 16.6. The fraction of sp³-hybridized carbons (Fsp3) is 0.571. The summed E-state index contributed by atoms with van der Waals surface area (Å²) in [6, 6.07) is 5.75. The van der Waals surface area contributed by atoms with E-state index in [1.54, 1.807) is 7.11 Å². The van der Waals surface area contributed by atoms with E-state index in [1.165, 1.54) is 0 Å². The van der Waals surface area contributed by atoms with Crippen molar-refractivity contribution < 1.29 is 14.2 Å². The summed E-state index contributed by atoms with van der Waals surface area (Å²) < 4.78 is 16.4. The van der Waals surface area contributed by atoms with Gasteiger partial charge < -0.3 is 14.2 Å². The van der Waals surface area contributed by atoms with Crippen molar-refractivity contribution in [3.05, 3.63) is 23.8 Å². The van der Waals surface area contributed by atoms with E-state index < -0.39 is 0 Å². The van der Waals surface area contributed by atoms with E-state index in [0.717, 1.165) is 49.7 Å². The first-order chi connectivity index (χ1) is 8.83. The molecule has 1 aromatic carbocycles. The summed E-state index contributed by atoms with van der Waals surface area (Å²) in [5.41, 5.74) is 0.975. The zero-order chi connectivity index (χ0) is 12.8. The van der Waals surface area contributed by atoms with Crippen molar-refractivity contribution in [2.45, 2.75) is 18.7 Å². The molecule has 2 rings (SSSR count). The molecule has 1 aliphatic rings. The van der Waals surface area contributed by atoms with Gasteiger partial charge >= 0.3 is 0 Å². The number of ether oxygens (including phenoxy) is 3. The van der Waals surface area contributed by atoms with E-state index in [2.05, 4.69) is 0 Å². The van der Waals surface area contributed by atoms with Crippen molar-refractivity contribution in [3.63, 3.8) is 0 Å². The Morgan fingerprint density at radius 1 is 1.33 bits per heavy atom. The number of benzene rings is 1. The number of hydrogen-bond acceptors (Lipinski definition) is 3. The Bertz CT molecular complexity index is 375. The van der Waals surface area contributed by atoms with Crippen LogP contribution >= 0.6 is 11.6 Å². The van der Waals surface area contributed by atoms with Gasteiger partial charge in [0.05, 0.1) is 19.6 Å². The molecule has 1 aromatic rings. The topological polar surface area (TPSA) is 27.7 Å². The highest BCUT2D eigenvalue weighted by molar-refractivity contribution is 6.17. The summed E-state index contributed by atoms with van der Waals surface area (Å²) >= 11 is 5.93. The second kappa shape index (κ2) is 6.86. The molecular weight excluding hydrogens is 252 g/mol.